The van der Waals surface area contributed by atoms with Gasteiger partial charge in [0.1, 0.15) is 11.6 Å². The lowest BCUT2D eigenvalue weighted by Gasteiger charge is -2.32. The molecule has 28 heavy (non-hydrogen) atoms. The molecule has 0 bridgehead atoms. The van der Waals surface area contributed by atoms with Crippen molar-refractivity contribution in [3.8, 4) is 22.8 Å². The lowest BCUT2D eigenvalue weighted by Crippen LogP contribution is -2.37. The van der Waals surface area contributed by atoms with Crippen molar-refractivity contribution in [3.63, 3.8) is 0 Å². The molecule has 2 aromatic heterocycles. The van der Waals surface area contributed by atoms with E-state index in [4.69, 9.17) is 10.5 Å². The van der Waals surface area contributed by atoms with Crippen molar-refractivity contribution < 1.29 is 4.74 Å². The summed E-state index contributed by atoms with van der Waals surface area (Å²) < 4.78 is 6.23. The van der Waals surface area contributed by atoms with Crippen LogP contribution in [0.2, 0.25) is 0 Å². The Hall–Kier alpha value is -3.81. The molecule has 2 aliphatic rings. The van der Waals surface area contributed by atoms with E-state index in [-0.39, 0.29) is 5.95 Å². The second-order valence-electron chi connectivity index (χ2n) is 7.00. The summed E-state index contributed by atoms with van der Waals surface area (Å²) in [5.41, 5.74) is 9.39. The first-order valence-electron chi connectivity index (χ1n) is 9.20. The molecule has 0 radical (unpaired) electrons. The summed E-state index contributed by atoms with van der Waals surface area (Å²) in [6.07, 6.45) is 1.17. The van der Waals surface area contributed by atoms with Crippen molar-refractivity contribution in [3.05, 3.63) is 42.5 Å². The van der Waals surface area contributed by atoms with E-state index in [9.17, 15) is 0 Å². The van der Waals surface area contributed by atoms with E-state index in [1.807, 2.05) is 42.5 Å². The molecule has 0 spiro atoms. The van der Waals surface area contributed by atoms with Crippen LogP contribution in [-0.2, 0) is 0 Å². The lowest BCUT2D eigenvalue weighted by atomic mass is 10.1. The molecule has 1 fully saturated rings. The monoisotopic (exact) mass is 371 g/mol. The first-order valence-corrected chi connectivity index (χ1v) is 9.20. The van der Waals surface area contributed by atoms with Gasteiger partial charge in [-0.2, -0.15) is 10.1 Å². The molecule has 1 saturated heterocycles. The van der Waals surface area contributed by atoms with Gasteiger partial charge in [0.2, 0.25) is 5.95 Å². The number of nitrogens with zero attached hydrogens (tertiary/aromatic N) is 4. The Kier molecular flexibility index (Phi) is 3.05. The van der Waals surface area contributed by atoms with E-state index in [0.29, 0.717) is 0 Å². The summed E-state index contributed by atoms with van der Waals surface area (Å²) in [7, 11) is 0. The number of fused-ring (bicyclic) bond motifs is 1. The Morgan fingerprint density at radius 3 is 2.79 bits per heavy atom. The number of aromatic amines is 1. The molecule has 8 nitrogen and oxygen atoms in total. The highest BCUT2D eigenvalue weighted by Crippen LogP contribution is 2.44. The average Bonchev–Trinajstić information content (AvgIpc) is 2.96. The predicted molar refractivity (Wildman–Crippen MR) is 108 cm³/mol. The Morgan fingerprint density at radius 2 is 1.93 bits per heavy atom. The number of H-pyrrole nitrogens is 1. The number of rotatable bonds is 2. The summed E-state index contributed by atoms with van der Waals surface area (Å²) >= 11 is 0. The molecule has 4 heterocycles. The zero-order valence-corrected chi connectivity index (χ0v) is 14.9. The topological polar surface area (TPSA) is 105 Å². The number of para-hydroxylation sites is 2. The third-order valence-electron chi connectivity index (χ3n) is 5.19. The van der Waals surface area contributed by atoms with Gasteiger partial charge in [-0.15, -0.1) is 0 Å². The Morgan fingerprint density at radius 1 is 1.04 bits per heavy atom. The van der Waals surface area contributed by atoms with Crippen LogP contribution in [0.25, 0.3) is 22.2 Å². The highest BCUT2D eigenvalue weighted by Gasteiger charge is 2.22. The minimum Gasteiger partial charge on any atom is -0.454 e. The van der Waals surface area contributed by atoms with Crippen LogP contribution in [0.15, 0.2) is 42.5 Å². The van der Waals surface area contributed by atoms with Gasteiger partial charge in [0.25, 0.3) is 0 Å². The maximum absolute atomic E-state index is 6.23. The van der Waals surface area contributed by atoms with Gasteiger partial charge in [-0.3, -0.25) is 5.10 Å². The molecule has 2 aromatic carbocycles. The Balaban J connectivity index is 1.52. The fourth-order valence-corrected chi connectivity index (χ4v) is 3.65. The molecule has 0 amide bonds. The fourth-order valence-electron chi connectivity index (χ4n) is 3.65. The van der Waals surface area contributed by atoms with Crippen LogP contribution in [0, 0.1) is 0 Å². The summed E-state index contributed by atoms with van der Waals surface area (Å²) in [5, 5.41) is 11.8. The quantitative estimate of drug-likeness (QED) is 0.435. The lowest BCUT2D eigenvalue weighted by molar-refractivity contribution is 0.492. The van der Waals surface area contributed by atoms with E-state index < -0.39 is 0 Å². The first-order chi connectivity index (χ1) is 13.7. The van der Waals surface area contributed by atoms with Gasteiger partial charge in [-0.1, -0.05) is 12.1 Å². The molecule has 4 N–H and O–H groups in total. The van der Waals surface area contributed by atoms with Gasteiger partial charge in [-0.05, 0) is 30.7 Å². The second-order valence-corrected chi connectivity index (χ2v) is 7.00. The molecular formula is C20H17N7O. The van der Waals surface area contributed by atoms with Gasteiger partial charge >= 0.3 is 0 Å². The molecule has 0 unspecified atom stereocenters. The molecule has 0 saturated carbocycles. The molecular weight excluding hydrogens is 354 g/mol. The zero-order valence-electron chi connectivity index (χ0n) is 14.9. The van der Waals surface area contributed by atoms with Crippen molar-refractivity contribution in [2.45, 2.75) is 6.42 Å². The third kappa shape index (κ3) is 2.27. The highest BCUT2D eigenvalue weighted by atomic mass is 16.5. The number of nitrogens with one attached hydrogen (secondary N) is 2. The summed E-state index contributed by atoms with van der Waals surface area (Å²) in [6.45, 7) is 1.99. The number of ether oxygens (including phenoxy) is 1. The van der Waals surface area contributed by atoms with Crippen molar-refractivity contribution in [2.24, 2.45) is 0 Å². The molecule has 0 atom stereocenters. The van der Waals surface area contributed by atoms with Gasteiger partial charge in [0.15, 0.2) is 11.6 Å². The van der Waals surface area contributed by atoms with Crippen molar-refractivity contribution in [2.75, 3.05) is 29.0 Å². The molecule has 2 aliphatic heterocycles. The van der Waals surface area contributed by atoms with E-state index in [2.05, 4.69) is 30.4 Å². The molecule has 6 rings (SSSR count). The number of hydrogen-bond donors (Lipinski definition) is 3. The number of nitrogen functional groups attached to an aromatic ring is 1. The predicted octanol–water partition coefficient (Wildman–Crippen LogP) is 3.66. The van der Waals surface area contributed by atoms with E-state index in [0.717, 1.165) is 64.1 Å². The molecule has 4 aromatic rings. The number of nitrogens with two attached hydrogens (primary N) is 1. The number of hydrogen-bond acceptors (Lipinski definition) is 7. The number of benzene rings is 2. The van der Waals surface area contributed by atoms with Crippen LogP contribution in [0.5, 0.6) is 11.5 Å². The Labute approximate surface area is 160 Å². The minimum absolute atomic E-state index is 0.267. The zero-order chi connectivity index (χ0) is 18.7. The molecule has 0 aliphatic carbocycles. The van der Waals surface area contributed by atoms with Crippen LogP contribution in [-0.4, -0.2) is 33.3 Å². The van der Waals surface area contributed by atoms with Crippen LogP contribution in [0.4, 0.5) is 23.3 Å². The van der Waals surface area contributed by atoms with Crippen LogP contribution in [0.1, 0.15) is 6.42 Å². The highest BCUT2D eigenvalue weighted by molar-refractivity contribution is 6.00. The van der Waals surface area contributed by atoms with E-state index >= 15 is 0 Å². The second kappa shape index (κ2) is 5.59. The number of anilines is 4. The van der Waals surface area contributed by atoms with Crippen molar-refractivity contribution >= 4 is 34.2 Å². The van der Waals surface area contributed by atoms with Crippen LogP contribution < -0.4 is 20.7 Å². The third-order valence-corrected chi connectivity index (χ3v) is 5.19. The maximum atomic E-state index is 6.23. The molecule has 8 heteroatoms. The van der Waals surface area contributed by atoms with Crippen molar-refractivity contribution in [1.29, 1.82) is 0 Å². The largest absolute Gasteiger partial charge is 0.454 e. The van der Waals surface area contributed by atoms with Gasteiger partial charge in [0.05, 0.1) is 22.3 Å². The van der Waals surface area contributed by atoms with Crippen LogP contribution >= 0.6 is 0 Å². The van der Waals surface area contributed by atoms with Crippen LogP contribution in [0.3, 0.4) is 0 Å². The normalized spacial score (nSPS) is 14.6. The van der Waals surface area contributed by atoms with E-state index in [1.54, 1.807) is 0 Å². The smallest absolute Gasteiger partial charge is 0.222 e. The summed E-state index contributed by atoms with van der Waals surface area (Å²) in [6, 6.07) is 13.8. The fraction of sp³-hybridized carbons (Fsp3) is 0.150. The first kappa shape index (κ1) is 15.3. The summed E-state index contributed by atoms with van der Waals surface area (Å²) in [4.78, 5) is 11.0. The van der Waals surface area contributed by atoms with E-state index in [1.165, 1.54) is 6.42 Å². The Bertz CT molecular complexity index is 1230. The molecule has 138 valence electrons. The van der Waals surface area contributed by atoms with Gasteiger partial charge < -0.3 is 20.7 Å². The minimum atomic E-state index is 0.267. The SMILES string of the molecule is Nc1nc(-c2cc3c4c(n[nH]c4c2)Nc2ccccc2O3)cc(N2CCC2)n1. The maximum Gasteiger partial charge on any atom is 0.222 e. The van der Waals surface area contributed by atoms with Crippen molar-refractivity contribution in [1.82, 2.24) is 20.2 Å². The van der Waals surface area contributed by atoms with Gasteiger partial charge in [-0.25, -0.2) is 4.98 Å². The summed E-state index contributed by atoms with van der Waals surface area (Å²) in [5.74, 6) is 3.34. The standard InChI is InChI=1S/C20H17N7O/c21-20-23-13(10-17(24-20)27-6-3-7-27)11-8-14-18-16(9-11)28-15-5-2-1-4-12(15)22-19(18)26-25-14/h1-2,4-5,8-10H,3,6-7H2,(H2,21,23,24)(H2,22,25,26). The van der Waals surface area contributed by atoms with Gasteiger partial charge in [0, 0.05) is 24.7 Å². The number of aromatic nitrogens is 4. The average molecular weight is 371 g/mol.